The fraction of sp³-hybridized carbons (Fsp3) is 0.214. The molecule has 0 aliphatic rings. The fourth-order valence-corrected chi connectivity index (χ4v) is 1.99. The summed E-state index contributed by atoms with van der Waals surface area (Å²) in [6, 6.07) is 7.89. The highest BCUT2D eigenvalue weighted by Gasteiger charge is 2.10. The lowest BCUT2D eigenvalue weighted by Crippen LogP contribution is -2.00. The summed E-state index contributed by atoms with van der Waals surface area (Å²) >= 11 is 3.40. The van der Waals surface area contributed by atoms with Crippen LogP contribution >= 0.6 is 15.9 Å². The van der Waals surface area contributed by atoms with Gasteiger partial charge in [-0.25, -0.2) is 4.98 Å². The van der Waals surface area contributed by atoms with E-state index in [1.54, 1.807) is 6.92 Å². The molecule has 0 amide bonds. The second-order valence-corrected chi connectivity index (χ2v) is 5.19. The van der Waals surface area contributed by atoms with Gasteiger partial charge in [-0.3, -0.25) is 0 Å². The van der Waals surface area contributed by atoms with Crippen LogP contribution in [-0.2, 0) is 0 Å². The number of benzene rings is 1. The average Bonchev–Trinajstić information content (AvgIpc) is 2.36. The van der Waals surface area contributed by atoms with Crippen LogP contribution in [0.1, 0.15) is 16.8 Å². The SMILES string of the molecule is Cc1nc(Nc2ccc(Br)cc2)c(C)c(C)c1O. The molecule has 0 radical (unpaired) electrons. The molecule has 0 bridgehead atoms. The second-order valence-electron chi connectivity index (χ2n) is 4.28. The normalized spacial score (nSPS) is 10.4. The zero-order valence-corrected chi connectivity index (χ0v) is 12.2. The number of aromatic hydroxyl groups is 1. The molecule has 1 aromatic carbocycles. The van der Waals surface area contributed by atoms with Crippen molar-refractivity contribution >= 4 is 27.4 Å². The van der Waals surface area contributed by atoms with Crippen LogP contribution in [0, 0.1) is 20.8 Å². The summed E-state index contributed by atoms with van der Waals surface area (Å²) in [6.45, 7) is 5.64. The molecule has 1 heterocycles. The number of aromatic nitrogens is 1. The molecule has 2 aromatic rings. The van der Waals surface area contributed by atoms with Crippen molar-refractivity contribution < 1.29 is 5.11 Å². The van der Waals surface area contributed by atoms with Crippen molar-refractivity contribution in [2.45, 2.75) is 20.8 Å². The van der Waals surface area contributed by atoms with E-state index in [1.807, 2.05) is 38.1 Å². The Hall–Kier alpha value is -1.55. The summed E-state index contributed by atoms with van der Waals surface area (Å²) < 4.78 is 1.04. The van der Waals surface area contributed by atoms with Gasteiger partial charge in [0.25, 0.3) is 0 Å². The zero-order chi connectivity index (χ0) is 13.3. The van der Waals surface area contributed by atoms with Crippen molar-refractivity contribution in [2.75, 3.05) is 5.32 Å². The third-order valence-electron chi connectivity index (χ3n) is 3.00. The fourth-order valence-electron chi connectivity index (χ4n) is 1.72. The number of halogens is 1. The number of aryl methyl sites for hydroxylation is 1. The minimum absolute atomic E-state index is 0.272. The molecule has 0 saturated carbocycles. The van der Waals surface area contributed by atoms with Gasteiger partial charge in [-0.05, 0) is 56.2 Å². The minimum Gasteiger partial charge on any atom is -0.506 e. The summed E-state index contributed by atoms with van der Waals surface area (Å²) in [5, 5.41) is 13.1. The van der Waals surface area contributed by atoms with Gasteiger partial charge < -0.3 is 10.4 Å². The van der Waals surface area contributed by atoms with Crippen LogP contribution in [0.15, 0.2) is 28.7 Å². The van der Waals surface area contributed by atoms with E-state index in [1.165, 1.54) is 0 Å². The van der Waals surface area contributed by atoms with Crippen LogP contribution in [0.25, 0.3) is 0 Å². The van der Waals surface area contributed by atoms with Gasteiger partial charge >= 0.3 is 0 Å². The molecule has 0 aliphatic heterocycles. The first kappa shape index (κ1) is 12.9. The van der Waals surface area contributed by atoms with E-state index < -0.39 is 0 Å². The number of rotatable bonds is 2. The molecule has 94 valence electrons. The van der Waals surface area contributed by atoms with Gasteiger partial charge in [-0.1, -0.05) is 15.9 Å². The highest BCUT2D eigenvalue weighted by atomic mass is 79.9. The molecule has 0 unspecified atom stereocenters. The molecule has 0 spiro atoms. The van der Waals surface area contributed by atoms with E-state index in [-0.39, 0.29) is 5.75 Å². The Morgan fingerprint density at radius 1 is 1.06 bits per heavy atom. The molecule has 1 aromatic heterocycles. The first-order valence-corrected chi connectivity index (χ1v) is 6.47. The lowest BCUT2D eigenvalue weighted by atomic mass is 10.1. The average molecular weight is 307 g/mol. The Morgan fingerprint density at radius 3 is 2.28 bits per heavy atom. The first-order valence-electron chi connectivity index (χ1n) is 5.68. The maximum Gasteiger partial charge on any atom is 0.140 e. The predicted molar refractivity (Wildman–Crippen MR) is 77.5 cm³/mol. The number of anilines is 2. The summed E-state index contributed by atoms with van der Waals surface area (Å²) in [4.78, 5) is 4.38. The monoisotopic (exact) mass is 306 g/mol. The van der Waals surface area contributed by atoms with Crippen LogP contribution in [0.4, 0.5) is 11.5 Å². The number of nitrogens with zero attached hydrogens (tertiary/aromatic N) is 1. The third-order valence-corrected chi connectivity index (χ3v) is 3.53. The van der Waals surface area contributed by atoms with Crippen LogP contribution in [0.2, 0.25) is 0 Å². The van der Waals surface area contributed by atoms with Gasteiger partial charge in [0.05, 0.1) is 5.69 Å². The third kappa shape index (κ3) is 2.48. The van der Waals surface area contributed by atoms with Crippen molar-refractivity contribution in [3.63, 3.8) is 0 Å². The zero-order valence-electron chi connectivity index (χ0n) is 10.6. The van der Waals surface area contributed by atoms with E-state index in [4.69, 9.17) is 0 Å². The molecular weight excluding hydrogens is 292 g/mol. The Kier molecular flexibility index (Phi) is 3.57. The molecule has 0 atom stereocenters. The van der Waals surface area contributed by atoms with Gasteiger partial charge in [0.15, 0.2) is 0 Å². The highest BCUT2D eigenvalue weighted by Crippen LogP contribution is 2.29. The van der Waals surface area contributed by atoms with Crippen molar-refractivity contribution in [1.29, 1.82) is 0 Å². The molecule has 3 nitrogen and oxygen atoms in total. The van der Waals surface area contributed by atoms with E-state index >= 15 is 0 Å². The summed E-state index contributed by atoms with van der Waals surface area (Å²) in [5.41, 5.74) is 3.43. The van der Waals surface area contributed by atoms with Gasteiger partial charge in [0.1, 0.15) is 11.6 Å². The molecule has 0 aliphatic carbocycles. The topological polar surface area (TPSA) is 45.2 Å². The Morgan fingerprint density at radius 2 is 1.67 bits per heavy atom. The van der Waals surface area contributed by atoms with Crippen molar-refractivity contribution in [1.82, 2.24) is 4.98 Å². The van der Waals surface area contributed by atoms with Crippen LogP contribution in [0.3, 0.4) is 0 Å². The van der Waals surface area contributed by atoms with E-state index in [0.29, 0.717) is 5.69 Å². The predicted octanol–water partition coefficient (Wildman–Crippen LogP) is 4.22. The van der Waals surface area contributed by atoms with E-state index in [2.05, 4.69) is 26.2 Å². The maximum absolute atomic E-state index is 9.82. The second kappa shape index (κ2) is 4.98. The largest absolute Gasteiger partial charge is 0.506 e. The summed E-state index contributed by atoms with van der Waals surface area (Å²) in [5.74, 6) is 1.05. The van der Waals surface area contributed by atoms with E-state index in [9.17, 15) is 5.11 Å². The minimum atomic E-state index is 0.272. The molecule has 2 N–H and O–H groups in total. The van der Waals surface area contributed by atoms with Gasteiger partial charge in [0, 0.05) is 10.2 Å². The van der Waals surface area contributed by atoms with Gasteiger partial charge in [0.2, 0.25) is 0 Å². The lowest BCUT2D eigenvalue weighted by Gasteiger charge is -2.13. The van der Waals surface area contributed by atoms with Crippen molar-refractivity contribution in [3.8, 4) is 5.75 Å². The molecule has 18 heavy (non-hydrogen) atoms. The van der Waals surface area contributed by atoms with Crippen molar-refractivity contribution in [3.05, 3.63) is 45.6 Å². The summed E-state index contributed by atoms with van der Waals surface area (Å²) in [6.07, 6.45) is 0. The number of nitrogens with one attached hydrogen (secondary N) is 1. The quantitative estimate of drug-likeness (QED) is 0.873. The highest BCUT2D eigenvalue weighted by molar-refractivity contribution is 9.10. The molecule has 0 fully saturated rings. The van der Waals surface area contributed by atoms with Crippen LogP contribution in [0.5, 0.6) is 5.75 Å². The smallest absolute Gasteiger partial charge is 0.140 e. The van der Waals surface area contributed by atoms with Crippen LogP contribution < -0.4 is 5.32 Å². The molecule has 2 rings (SSSR count). The first-order chi connectivity index (χ1) is 8.49. The molecular formula is C14H15BrN2O. The standard InChI is InChI=1S/C14H15BrN2O/c1-8-9(2)14(16-10(3)13(8)18)17-12-6-4-11(15)5-7-12/h4-7,18H,1-3H3,(H,16,17). The van der Waals surface area contributed by atoms with Gasteiger partial charge in [-0.2, -0.15) is 0 Å². The Balaban J connectivity index is 2.38. The Labute approximate surface area is 115 Å². The number of hydrogen-bond acceptors (Lipinski definition) is 3. The summed E-state index contributed by atoms with van der Waals surface area (Å²) in [7, 11) is 0. The van der Waals surface area contributed by atoms with Gasteiger partial charge in [-0.15, -0.1) is 0 Å². The molecule has 4 heteroatoms. The van der Waals surface area contributed by atoms with Crippen LogP contribution in [-0.4, -0.2) is 10.1 Å². The number of hydrogen-bond donors (Lipinski definition) is 2. The Bertz CT molecular complexity index is 579. The number of pyridine rings is 1. The maximum atomic E-state index is 9.82. The molecule has 0 saturated heterocycles. The van der Waals surface area contributed by atoms with E-state index in [0.717, 1.165) is 27.1 Å². The van der Waals surface area contributed by atoms with Crippen molar-refractivity contribution in [2.24, 2.45) is 0 Å². The lowest BCUT2D eigenvalue weighted by molar-refractivity contribution is 0.463.